The van der Waals surface area contributed by atoms with Gasteiger partial charge in [0.25, 0.3) is 0 Å². The van der Waals surface area contributed by atoms with Crippen LogP contribution in [-0.4, -0.2) is 119 Å². The first-order chi connectivity index (χ1) is 22.9. The maximum atomic E-state index is 14.1. The first kappa shape index (κ1) is 35.1. The molecule has 3 aliphatic heterocycles. The van der Waals surface area contributed by atoms with E-state index in [0.29, 0.717) is 88.2 Å². The number of amides is 2. The third-order valence-electron chi connectivity index (χ3n) is 8.43. The Hall–Kier alpha value is -3.25. The van der Waals surface area contributed by atoms with Crippen LogP contribution >= 0.6 is 11.6 Å². The van der Waals surface area contributed by atoms with Crippen molar-refractivity contribution < 1.29 is 32.7 Å². The molecule has 4 heterocycles. The van der Waals surface area contributed by atoms with Gasteiger partial charge in [-0.15, -0.1) is 6.42 Å². The van der Waals surface area contributed by atoms with Gasteiger partial charge in [0.2, 0.25) is 11.8 Å². The number of dihydropyridines is 1. The van der Waals surface area contributed by atoms with E-state index in [9.17, 15) is 13.8 Å². The van der Waals surface area contributed by atoms with Crippen LogP contribution in [-0.2, 0) is 52.4 Å². The number of allylic oxidation sites excluding steroid dienone is 1. The molecule has 1 aromatic carbocycles. The summed E-state index contributed by atoms with van der Waals surface area (Å²) in [4.78, 5) is 35.5. The second-order valence-corrected chi connectivity index (χ2v) is 13.7. The fraction of sp³-hybridized carbons (Fsp3) is 0.545. The van der Waals surface area contributed by atoms with Gasteiger partial charge >= 0.3 is 0 Å². The smallest absolute Gasteiger partial charge is 0.241 e. The molecule has 2 amide bonds. The third kappa shape index (κ3) is 8.25. The lowest BCUT2D eigenvalue weighted by atomic mass is 9.73. The Morgan fingerprint density at radius 1 is 1.11 bits per heavy atom. The van der Waals surface area contributed by atoms with Crippen LogP contribution in [0, 0.1) is 17.8 Å². The Bertz CT molecular complexity index is 1560. The number of carbonyl (C=O) groups excluding carboxylic acids is 2. The average Bonchev–Trinajstić information content (AvgIpc) is 3.52. The van der Waals surface area contributed by atoms with Crippen LogP contribution in [0.1, 0.15) is 19.2 Å². The molecule has 12 nitrogen and oxygen atoms in total. The average molecular weight is 688 g/mol. The van der Waals surface area contributed by atoms with Crippen LogP contribution in [0.25, 0.3) is 11.0 Å². The Balaban J connectivity index is 1.12. The predicted octanol–water partition coefficient (Wildman–Crippen LogP) is 2.09. The number of likely N-dealkylation sites (tertiary alicyclic amines) is 1. The van der Waals surface area contributed by atoms with E-state index in [1.54, 1.807) is 15.9 Å². The summed E-state index contributed by atoms with van der Waals surface area (Å²) in [6.07, 6.45) is 9.15. The fourth-order valence-corrected chi connectivity index (χ4v) is 6.87. The molecule has 47 heavy (non-hydrogen) atoms. The summed E-state index contributed by atoms with van der Waals surface area (Å²) in [5.74, 6) is 4.07. The number of ether oxygens (including phenoxy) is 4. The number of aryl methyl sites for hydroxylation is 1. The lowest BCUT2D eigenvalue weighted by Gasteiger charge is -2.47. The summed E-state index contributed by atoms with van der Waals surface area (Å²) in [7, 11) is -0.955. The van der Waals surface area contributed by atoms with Crippen molar-refractivity contribution in [2.45, 2.75) is 26.4 Å². The van der Waals surface area contributed by atoms with E-state index in [-0.39, 0.29) is 38.0 Å². The Morgan fingerprint density at radius 3 is 2.51 bits per heavy atom. The number of hydrogen-bond acceptors (Lipinski definition) is 9. The topological polar surface area (TPSA) is 124 Å². The number of nitrogens with zero attached hydrogens (tertiary/aromatic N) is 4. The molecule has 0 aliphatic carbocycles. The first-order valence-electron chi connectivity index (χ1n) is 15.9. The van der Waals surface area contributed by atoms with E-state index in [0.717, 1.165) is 22.3 Å². The number of nitrogens with one attached hydrogen (secondary N) is 1. The van der Waals surface area contributed by atoms with Crippen LogP contribution in [0.2, 0.25) is 5.02 Å². The van der Waals surface area contributed by atoms with Gasteiger partial charge in [-0.1, -0.05) is 24.4 Å². The van der Waals surface area contributed by atoms with Crippen molar-refractivity contribution in [2.24, 2.45) is 5.41 Å². The molecule has 0 radical (unpaired) electrons. The van der Waals surface area contributed by atoms with Crippen LogP contribution in [0.4, 0.5) is 0 Å². The molecule has 0 bridgehead atoms. The van der Waals surface area contributed by atoms with Crippen LogP contribution < -0.4 is 5.32 Å². The van der Waals surface area contributed by atoms with E-state index in [2.05, 4.69) is 11.2 Å². The van der Waals surface area contributed by atoms with E-state index in [1.165, 1.54) is 0 Å². The minimum atomic E-state index is -0.955. The molecule has 1 aromatic heterocycles. The highest BCUT2D eigenvalue weighted by Crippen LogP contribution is 2.48. The van der Waals surface area contributed by atoms with Crippen molar-refractivity contribution in [3.05, 3.63) is 52.6 Å². The van der Waals surface area contributed by atoms with Crippen molar-refractivity contribution >= 4 is 45.2 Å². The number of terminal acetylenes is 1. The minimum Gasteiger partial charge on any atom is -0.385 e. The summed E-state index contributed by atoms with van der Waals surface area (Å²) in [6, 6.07) is 5.53. The molecule has 0 saturated carbocycles. The molecule has 254 valence electrons. The molecule has 2 aromatic rings. The molecule has 5 rings (SSSR count). The van der Waals surface area contributed by atoms with E-state index >= 15 is 0 Å². The maximum absolute atomic E-state index is 14.1. The monoisotopic (exact) mass is 687 g/mol. The molecule has 1 saturated heterocycles. The highest BCUT2D eigenvalue weighted by atomic mass is 35.5. The van der Waals surface area contributed by atoms with Crippen molar-refractivity contribution in [3.63, 3.8) is 0 Å². The number of aromatic nitrogens is 2. The molecule has 1 fully saturated rings. The molecule has 1 unspecified atom stereocenters. The zero-order valence-electron chi connectivity index (χ0n) is 26.7. The Labute approximate surface area is 282 Å². The van der Waals surface area contributed by atoms with Crippen molar-refractivity contribution in [1.29, 1.82) is 0 Å². The number of hydrogen-bond donors (Lipinski definition) is 1. The largest absolute Gasteiger partial charge is 0.385 e. The molecular weight excluding hydrogens is 646 g/mol. The van der Waals surface area contributed by atoms with Gasteiger partial charge in [0.15, 0.2) is 0 Å². The van der Waals surface area contributed by atoms with Gasteiger partial charge in [-0.3, -0.25) is 13.8 Å². The number of rotatable bonds is 19. The molecule has 1 N–H and O–H groups in total. The number of benzene rings is 1. The standard InChI is InChI=1S/C33H42ClN5O7S/c1-3-11-43-13-15-45-17-18-46-16-14-44-12-8-31(40)37-23-33(24-37)26-7-9-35-21-29(26)39(32(33)41)22-30-36-27-20-25(34)5-6-28(27)38(30)10-19-47(42)4-2/h1,5-7,9,20,35H,4,8,10-19,21-24H2,2H3. The number of carbonyl (C=O) groups is 2. The first-order valence-corrected chi connectivity index (χ1v) is 17.7. The van der Waals surface area contributed by atoms with Crippen LogP contribution in [0.3, 0.4) is 0 Å². The molecule has 1 spiro atoms. The van der Waals surface area contributed by atoms with Gasteiger partial charge < -0.3 is 38.6 Å². The molecule has 14 heteroatoms. The van der Waals surface area contributed by atoms with Gasteiger partial charge in [0, 0.05) is 52.7 Å². The third-order valence-corrected chi connectivity index (χ3v) is 9.95. The normalized spacial score (nSPS) is 17.3. The lowest BCUT2D eigenvalue weighted by molar-refractivity contribution is -0.153. The fourth-order valence-electron chi connectivity index (χ4n) is 6.03. The second kappa shape index (κ2) is 16.7. The van der Waals surface area contributed by atoms with E-state index in [4.69, 9.17) is 42.0 Å². The van der Waals surface area contributed by atoms with Crippen molar-refractivity contribution in [2.75, 3.05) is 84.0 Å². The van der Waals surface area contributed by atoms with Crippen molar-refractivity contribution in [3.8, 4) is 12.3 Å². The molecule has 3 aliphatic rings. The Kier molecular flexibility index (Phi) is 12.5. The number of fused-ring (bicyclic) bond motifs is 2. The van der Waals surface area contributed by atoms with Gasteiger partial charge in [0.1, 0.15) is 17.8 Å². The van der Waals surface area contributed by atoms with Gasteiger partial charge in [-0.25, -0.2) is 4.98 Å². The predicted molar refractivity (Wildman–Crippen MR) is 179 cm³/mol. The maximum Gasteiger partial charge on any atom is 0.241 e. The SMILES string of the molecule is C#CCOCCOCCOCCOCCC(=O)N1CC2(C1)C(=O)N(Cc1nc3cc(Cl)ccc3n1CCS(=O)CC)C1=C2C=CNC1. The highest BCUT2D eigenvalue weighted by Gasteiger charge is 2.59. The van der Waals surface area contributed by atoms with E-state index in [1.807, 2.05) is 35.9 Å². The summed E-state index contributed by atoms with van der Waals surface area (Å²) >= 11 is 6.27. The zero-order valence-corrected chi connectivity index (χ0v) is 28.3. The summed E-state index contributed by atoms with van der Waals surface area (Å²) in [6.45, 7) is 6.93. The minimum absolute atomic E-state index is 0.0360. The van der Waals surface area contributed by atoms with Crippen LogP contribution in [0.5, 0.6) is 0 Å². The second-order valence-electron chi connectivity index (χ2n) is 11.4. The number of halogens is 1. The quantitative estimate of drug-likeness (QED) is 0.175. The Morgan fingerprint density at radius 2 is 1.81 bits per heavy atom. The zero-order chi connectivity index (χ0) is 33.2. The van der Waals surface area contributed by atoms with Gasteiger partial charge in [-0.05, 0) is 36.0 Å². The van der Waals surface area contributed by atoms with Crippen LogP contribution in [0.15, 0.2) is 41.7 Å². The number of imidazole rings is 1. The lowest BCUT2D eigenvalue weighted by Crippen LogP contribution is -2.63. The molecular formula is C33H42ClN5O7S. The summed E-state index contributed by atoms with van der Waals surface area (Å²) in [5.41, 5.74) is 2.67. The van der Waals surface area contributed by atoms with Gasteiger partial charge in [0.05, 0.1) is 76.8 Å². The van der Waals surface area contributed by atoms with Gasteiger partial charge in [-0.2, -0.15) is 0 Å². The summed E-state index contributed by atoms with van der Waals surface area (Å²) in [5, 5.41) is 3.81. The summed E-state index contributed by atoms with van der Waals surface area (Å²) < 4.78 is 35.9. The van der Waals surface area contributed by atoms with E-state index < -0.39 is 16.2 Å². The van der Waals surface area contributed by atoms with Crippen molar-refractivity contribution in [1.82, 2.24) is 24.7 Å². The molecule has 1 atom stereocenters. The highest BCUT2D eigenvalue weighted by molar-refractivity contribution is 7.84.